The van der Waals surface area contributed by atoms with Gasteiger partial charge in [0.1, 0.15) is 0 Å². The molecule has 0 aromatic carbocycles. The van der Waals surface area contributed by atoms with Crippen molar-refractivity contribution in [3.63, 3.8) is 0 Å². The minimum absolute atomic E-state index is 0. The Morgan fingerprint density at radius 2 is 1.93 bits per heavy atom. The van der Waals surface area contributed by atoms with E-state index < -0.39 is 0 Å². The lowest BCUT2D eigenvalue weighted by molar-refractivity contribution is -0.122. The molecule has 0 saturated heterocycles. The Bertz CT molecular complexity index is 136. The molecule has 88 valence electrons. The van der Waals surface area contributed by atoms with Gasteiger partial charge in [-0.05, 0) is 26.3 Å². The van der Waals surface area contributed by atoms with E-state index in [0.29, 0.717) is 13.1 Å². The molecule has 0 spiro atoms. The van der Waals surface area contributed by atoms with Gasteiger partial charge in [-0.15, -0.1) is 24.8 Å². The number of likely N-dealkylation sites (N-methyl/N-ethyl adjacent to an activating group) is 1. The third-order valence-corrected chi connectivity index (χ3v) is 1.66. The zero-order chi connectivity index (χ0) is 9.40. The smallest absolute Gasteiger partial charge is 0.236 e. The number of carbonyl (C=O) groups excluding carboxylic acids is 1. The third-order valence-electron chi connectivity index (χ3n) is 1.66. The van der Waals surface area contributed by atoms with Crippen molar-refractivity contribution >= 4 is 30.7 Å². The zero-order valence-electron chi connectivity index (χ0n) is 8.49. The van der Waals surface area contributed by atoms with Crippen LogP contribution in [0.5, 0.6) is 0 Å². The molecule has 0 heterocycles. The zero-order valence-corrected chi connectivity index (χ0v) is 10.1. The molecule has 0 aliphatic carbocycles. The number of hydrogen-bond acceptors (Lipinski definition) is 3. The molecule has 1 atom stereocenters. The Labute approximate surface area is 98.0 Å². The molecule has 0 aromatic heterocycles. The lowest BCUT2D eigenvalue weighted by atomic mass is 10.1. The molecule has 0 aliphatic rings. The molecule has 4 nitrogen and oxygen atoms in total. The summed E-state index contributed by atoms with van der Waals surface area (Å²) in [4.78, 5) is 11.1. The summed E-state index contributed by atoms with van der Waals surface area (Å²) in [6, 6.07) is -0.364. The van der Waals surface area contributed by atoms with Crippen LogP contribution < -0.4 is 16.8 Å². The summed E-state index contributed by atoms with van der Waals surface area (Å²) in [5.74, 6) is -0.0606. The number of hydrogen-bond donors (Lipinski definition) is 3. The van der Waals surface area contributed by atoms with E-state index in [9.17, 15) is 4.79 Å². The van der Waals surface area contributed by atoms with Crippen molar-refractivity contribution in [2.45, 2.75) is 32.2 Å². The summed E-state index contributed by atoms with van der Waals surface area (Å²) in [6.07, 6.45) is 2.59. The first-order chi connectivity index (χ1) is 5.72. The van der Waals surface area contributed by atoms with Crippen LogP contribution >= 0.6 is 24.8 Å². The van der Waals surface area contributed by atoms with Crippen molar-refractivity contribution in [2.24, 2.45) is 11.5 Å². The van der Waals surface area contributed by atoms with E-state index in [2.05, 4.69) is 5.32 Å². The molecular weight excluding hydrogens is 225 g/mol. The Morgan fingerprint density at radius 1 is 1.36 bits per heavy atom. The fourth-order valence-corrected chi connectivity index (χ4v) is 0.945. The van der Waals surface area contributed by atoms with Gasteiger partial charge in [0.2, 0.25) is 5.91 Å². The predicted molar refractivity (Wildman–Crippen MR) is 64.1 cm³/mol. The molecule has 1 amide bonds. The van der Waals surface area contributed by atoms with Crippen LogP contribution in [-0.4, -0.2) is 25.0 Å². The van der Waals surface area contributed by atoms with Crippen molar-refractivity contribution in [2.75, 3.05) is 13.1 Å². The Kier molecular flexibility index (Phi) is 18.1. The van der Waals surface area contributed by atoms with Crippen molar-refractivity contribution in [1.82, 2.24) is 5.32 Å². The van der Waals surface area contributed by atoms with E-state index in [0.717, 1.165) is 19.3 Å². The van der Waals surface area contributed by atoms with Crippen LogP contribution in [0.25, 0.3) is 0 Å². The highest BCUT2D eigenvalue weighted by atomic mass is 35.5. The van der Waals surface area contributed by atoms with Gasteiger partial charge in [0.15, 0.2) is 0 Å². The lowest BCUT2D eigenvalue weighted by Gasteiger charge is -2.09. The summed E-state index contributed by atoms with van der Waals surface area (Å²) in [5.41, 5.74) is 10.9. The normalized spacial score (nSPS) is 10.8. The molecule has 0 aliphatic heterocycles. The molecular formula is C8H21Cl2N3O. The standard InChI is InChI=1S/C8H19N3O.2ClH/c1-2-11-8(12)7(10)5-3-4-6-9;;/h7H,2-6,9-10H2,1H3,(H,11,12);2*1H/t7-;;/m0../s1. The third kappa shape index (κ3) is 10.1. The number of amides is 1. The molecule has 0 radical (unpaired) electrons. The minimum Gasteiger partial charge on any atom is -0.355 e. The van der Waals surface area contributed by atoms with Crippen molar-refractivity contribution in [3.8, 4) is 0 Å². The number of rotatable bonds is 6. The lowest BCUT2D eigenvalue weighted by Crippen LogP contribution is -2.40. The first-order valence-electron chi connectivity index (χ1n) is 4.45. The van der Waals surface area contributed by atoms with E-state index in [1.807, 2.05) is 6.92 Å². The number of carbonyl (C=O) groups is 1. The van der Waals surface area contributed by atoms with E-state index in [-0.39, 0.29) is 36.8 Å². The van der Waals surface area contributed by atoms with Crippen molar-refractivity contribution < 1.29 is 4.79 Å². The fraction of sp³-hybridized carbons (Fsp3) is 0.875. The van der Waals surface area contributed by atoms with Gasteiger partial charge in [-0.3, -0.25) is 4.79 Å². The average molecular weight is 246 g/mol. The number of halogens is 2. The maximum absolute atomic E-state index is 11.1. The summed E-state index contributed by atoms with van der Waals surface area (Å²) in [5, 5.41) is 2.68. The maximum Gasteiger partial charge on any atom is 0.236 e. The molecule has 6 heteroatoms. The van der Waals surface area contributed by atoms with Gasteiger partial charge in [-0.2, -0.15) is 0 Å². The largest absolute Gasteiger partial charge is 0.355 e. The molecule has 14 heavy (non-hydrogen) atoms. The number of nitrogens with one attached hydrogen (secondary N) is 1. The molecule has 0 rings (SSSR count). The highest BCUT2D eigenvalue weighted by Crippen LogP contribution is 1.97. The SMILES string of the molecule is CCNC(=O)[C@@H](N)CCCCN.Cl.Cl. The predicted octanol–water partition coefficient (Wildman–Crippen LogP) is 0.422. The molecule has 0 fully saturated rings. The van der Waals surface area contributed by atoms with Gasteiger partial charge in [-0.1, -0.05) is 6.42 Å². The summed E-state index contributed by atoms with van der Waals surface area (Å²) in [7, 11) is 0. The van der Waals surface area contributed by atoms with Crippen LogP contribution in [0, 0.1) is 0 Å². The van der Waals surface area contributed by atoms with Gasteiger partial charge in [-0.25, -0.2) is 0 Å². The second-order valence-electron chi connectivity index (χ2n) is 2.79. The molecule has 0 saturated carbocycles. The molecule has 0 unspecified atom stereocenters. The highest BCUT2D eigenvalue weighted by Gasteiger charge is 2.10. The average Bonchev–Trinajstić information content (AvgIpc) is 2.05. The summed E-state index contributed by atoms with van der Waals surface area (Å²) >= 11 is 0. The van der Waals surface area contributed by atoms with Gasteiger partial charge in [0.25, 0.3) is 0 Å². The maximum atomic E-state index is 11.1. The van der Waals surface area contributed by atoms with Crippen molar-refractivity contribution in [3.05, 3.63) is 0 Å². The topological polar surface area (TPSA) is 81.1 Å². The molecule has 5 N–H and O–H groups in total. The first kappa shape index (κ1) is 19.5. The van der Waals surface area contributed by atoms with E-state index in [1.54, 1.807) is 0 Å². The summed E-state index contributed by atoms with van der Waals surface area (Å²) in [6.45, 7) is 3.19. The van der Waals surface area contributed by atoms with Crippen LogP contribution in [0.15, 0.2) is 0 Å². The quantitative estimate of drug-likeness (QED) is 0.594. The minimum atomic E-state index is -0.364. The van der Waals surface area contributed by atoms with E-state index in [1.165, 1.54) is 0 Å². The molecule has 0 bridgehead atoms. The Morgan fingerprint density at radius 3 is 2.36 bits per heavy atom. The first-order valence-corrected chi connectivity index (χ1v) is 4.45. The van der Waals surface area contributed by atoms with Crippen LogP contribution in [0.1, 0.15) is 26.2 Å². The Balaban J connectivity index is -0.000000605. The van der Waals surface area contributed by atoms with E-state index in [4.69, 9.17) is 11.5 Å². The monoisotopic (exact) mass is 245 g/mol. The fourth-order valence-electron chi connectivity index (χ4n) is 0.945. The molecule has 0 aromatic rings. The van der Waals surface area contributed by atoms with Crippen LogP contribution in [-0.2, 0) is 4.79 Å². The van der Waals surface area contributed by atoms with E-state index >= 15 is 0 Å². The van der Waals surface area contributed by atoms with Gasteiger partial charge in [0, 0.05) is 6.54 Å². The summed E-state index contributed by atoms with van der Waals surface area (Å²) < 4.78 is 0. The van der Waals surface area contributed by atoms with Gasteiger partial charge < -0.3 is 16.8 Å². The van der Waals surface area contributed by atoms with Crippen LogP contribution in [0.3, 0.4) is 0 Å². The number of unbranched alkanes of at least 4 members (excludes halogenated alkanes) is 1. The second kappa shape index (κ2) is 13.0. The van der Waals surface area contributed by atoms with Gasteiger partial charge in [0.05, 0.1) is 6.04 Å². The van der Waals surface area contributed by atoms with Crippen molar-refractivity contribution in [1.29, 1.82) is 0 Å². The Hall–Kier alpha value is -0.0300. The van der Waals surface area contributed by atoms with Crippen LogP contribution in [0.4, 0.5) is 0 Å². The van der Waals surface area contributed by atoms with Gasteiger partial charge >= 0.3 is 0 Å². The highest BCUT2D eigenvalue weighted by molar-refractivity contribution is 5.85. The second-order valence-corrected chi connectivity index (χ2v) is 2.79. The van der Waals surface area contributed by atoms with Crippen LogP contribution in [0.2, 0.25) is 0 Å². The number of nitrogens with two attached hydrogens (primary N) is 2.